The van der Waals surface area contributed by atoms with Gasteiger partial charge in [0, 0.05) is 19.7 Å². The van der Waals surface area contributed by atoms with Crippen LogP contribution in [0.5, 0.6) is 0 Å². The molecule has 0 atom stereocenters. The molecule has 1 aromatic rings. The molecule has 1 rings (SSSR count). The zero-order valence-electron chi connectivity index (χ0n) is 11.5. The lowest BCUT2D eigenvalue weighted by atomic mass is 10.3. The first-order chi connectivity index (χ1) is 8.99. The predicted molar refractivity (Wildman–Crippen MR) is 73.2 cm³/mol. The van der Waals surface area contributed by atoms with Crippen LogP contribution in [0.25, 0.3) is 0 Å². The Balaban J connectivity index is 2.84. The Morgan fingerprint density at radius 3 is 2.74 bits per heavy atom. The van der Waals surface area contributed by atoms with Crippen molar-refractivity contribution in [2.24, 2.45) is 0 Å². The third-order valence-corrected chi connectivity index (χ3v) is 2.67. The van der Waals surface area contributed by atoms with Crippen LogP contribution in [0, 0.1) is 0 Å². The Bertz CT molecular complexity index is 522. The normalized spacial score (nSPS) is 10.1. The largest absolute Gasteiger partial charge is 0.463 e. The van der Waals surface area contributed by atoms with Crippen LogP contribution in [0.2, 0.25) is 0 Å². The summed E-state index contributed by atoms with van der Waals surface area (Å²) in [6.07, 6.45) is 1.59. The van der Waals surface area contributed by atoms with Crippen LogP contribution in [0.15, 0.2) is 29.2 Å². The standard InChI is InChI=1S/C13H19N3O3/c1-5-15(4)11-7-12(17)16(14-8-11)9-10(3)13(18)19-6-2/h7-8H,3,5-6,9H2,1-2,4H3. The van der Waals surface area contributed by atoms with E-state index in [0.29, 0.717) is 0 Å². The number of aromatic nitrogens is 2. The maximum atomic E-state index is 11.9. The molecule has 19 heavy (non-hydrogen) atoms. The minimum atomic E-state index is -0.508. The summed E-state index contributed by atoms with van der Waals surface area (Å²) in [6, 6.07) is 1.48. The minimum absolute atomic E-state index is 0.0355. The summed E-state index contributed by atoms with van der Waals surface area (Å²) >= 11 is 0. The lowest BCUT2D eigenvalue weighted by Gasteiger charge is -2.16. The molecule has 0 aromatic carbocycles. The second kappa shape index (κ2) is 6.72. The molecule has 0 aliphatic carbocycles. The highest BCUT2D eigenvalue weighted by molar-refractivity contribution is 5.87. The number of esters is 1. The van der Waals surface area contributed by atoms with Crippen molar-refractivity contribution in [2.75, 3.05) is 25.1 Å². The predicted octanol–water partition coefficient (Wildman–Crippen LogP) is 0.819. The molecule has 6 nitrogen and oxygen atoms in total. The fourth-order valence-corrected chi connectivity index (χ4v) is 1.41. The van der Waals surface area contributed by atoms with Gasteiger partial charge in [-0.1, -0.05) is 6.58 Å². The van der Waals surface area contributed by atoms with E-state index >= 15 is 0 Å². The Kier molecular flexibility index (Phi) is 5.29. The zero-order chi connectivity index (χ0) is 14.4. The molecule has 0 spiro atoms. The van der Waals surface area contributed by atoms with Crippen molar-refractivity contribution in [2.45, 2.75) is 20.4 Å². The van der Waals surface area contributed by atoms with Gasteiger partial charge in [0.15, 0.2) is 0 Å². The molecule has 0 aliphatic rings. The molecule has 0 N–H and O–H groups in total. The van der Waals surface area contributed by atoms with E-state index in [1.807, 2.05) is 18.9 Å². The van der Waals surface area contributed by atoms with E-state index in [9.17, 15) is 9.59 Å². The Morgan fingerprint density at radius 1 is 1.53 bits per heavy atom. The van der Waals surface area contributed by atoms with E-state index in [1.54, 1.807) is 13.1 Å². The first-order valence-electron chi connectivity index (χ1n) is 6.12. The van der Waals surface area contributed by atoms with Crippen molar-refractivity contribution < 1.29 is 9.53 Å². The van der Waals surface area contributed by atoms with Gasteiger partial charge in [-0.05, 0) is 13.8 Å². The lowest BCUT2D eigenvalue weighted by molar-refractivity contribution is -0.138. The van der Waals surface area contributed by atoms with Crippen LogP contribution in [0.3, 0.4) is 0 Å². The molecule has 0 saturated heterocycles. The number of ether oxygens (including phenoxy) is 1. The van der Waals surface area contributed by atoms with E-state index in [-0.39, 0.29) is 24.3 Å². The SMILES string of the molecule is C=C(Cn1ncc(N(C)CC)cc1=O)C(=O)OCC. The summed E-state index contributed by atoms with van der Waals surface area (Å²) in [5, 5.41) is 4.02. The van der Waals surface area contributed by atoms with E-state index in [4.69, 9.17) is 4.74 Å². The molecule has 104 valence electrons. The van der Waals surface area contributed by atoms with Gasteiger partial charge in [-0.25, -0.2) is 9.48 Å². The Hall–Kier alpha value is -2.11. The van der Waals surface area contributed by atoms with Crippen molar-refractivity contribution in [3.8, 4) is 0 Å². The third-order valence-electron chi connectivity index (χ3n) is 2.67. The van der Waals surface area contributed by atoms with Crippen molar-refractivity contribution >= 4 is 11.7 Å². The lowest BCUT2D eigenvalue weighted by Crippen LogP contribution is -2.27. The van der Waals surface area contributed by atoms with Crippen LogP contribution in [-0.2, 0) is 16.1 Å². The van der Waals surface area contributed by atoms with Crippen molar-refractivity contribution in [3.05, 3.63) is 34.8 Å². The van der Waals surface area contributed by atoms with E-state index < -0.39 is 5.97 Å². The summed E-state index contributed by atoms with van der Waals surface area (Å²) in [4.78, 5) is 25.2. The summed E-state index contributed by atoms with van der Waals surface area (Å²) in [7, 11) is 1.87. The minimum Gasteiger partial charge on any atom is -0.463 e. The molecule has 1 aromatic heterocycles. The molecule has 0 radical (unpaired) electrons. The molecule has 6 heteroatoms. The van der Waals surface area contributed by atoms with Gasteiger partial charge in [-0.15, -0.1) is 0 Å². The van der Waals surface area contributed by atoms with Gasteiger partial charge < -0.3 is 9.64 Å². The fraction of sp³-hybridized carbons (Fsp3) is 0.462. The quantitative estimate of drug-likeness (QED) is 0.563. The van der Waals surface area contributed by atoms with Gasteiger partial charge in [-0.2, -0.15) is 5.10 Å². The van der Waals surface area contributed by atoms with Crippen LogP contribution in [0.1, 0.15) is 13.8 Å². The number of anilines is 1. The highest BCUT2D eigenvalue weighted by Gasteiger charge is 2.10. The summed E-state index contributed by atoms with van der Waals surface area (Å²) < 4.78 is 5.99. The van der Waals surface area contributed by atoms with Gasteiger partial charge in [0.05, 0.1) is 30.6 Å². The number of nitrogens with zero attached hydrogens (tertiary/aromatic N) is 3. The summed E-state index contributed by atoms with van der Waals surface area (Å²) in [6.45, 7) is 8.38. The average molecular weight is 265 g/mol. The topological polar surface area (TPSA) is 64.4 Å². The number of hydrogen-bond acceptors (Lipinski definition) is 5. The molecular weight excluding hydrogens is 246 g/mol. The number of rotatable bonds is 6. The number of carbonyl (C=O) groups is 1. The average Bonchev–Trinajstić information content (AvgIpc) is 2.40. The molecule has 0 amide bonds. The van der Waals surface area contributed by atoms with Crippen molar-refractivity contribution in [3.63, 3.8) is 0 Å². The number of hydrogen-bond donors (Lipinski definition) is 0. The molecule has 0 aliphatic heterocycles. The number of carbonyl (C=O) groups excluding carboxylic acids is 1. The van der Waals surface area contributed by atoms with E-state index in [0.717, 1.165) is 12.2 Å². The van der Waals surface area contributed by atoms with Crippen molar-refractivity contribution in [1.82, 2.24) is 9.78 Å². The highest BCUT2D eigenvalue weighted by Crippen LogP contribution is 2.06. The van der Waals surface area contributed by atoms with E-state index in [1.165, 1.54) is 10.7 Å². The summed E-state index contributed by atoms with van der Waals surface area (Å²) in [5.41, 5.74) is 0.668. The maximum absolute atomic E-state index is 11.9. The first-order valence-corrected chi connectivity index (χ1v) is 6.12. The van der Waals surface area contributed by atoms with Gasteiger partial charge in [0.1, 0.15) is 0 Å². The van der Waals surface area contributed by atoms with Crippen LogP contribution in [-0.4, -0.2) is 35.9 Å². The molecule has 0 bridgehead atoms. The maximum Gasteiger partial charge on any atom is 0.335 e. The Labute approximate surface area is 112 Å². The first kappa shape index (κ1) is 14.9. The van der Waals surface area contributed by atoms with Crippen molar-refractivity contribution in [1.29, 1.82) is 0 Å². The second-order valence-corrected chi connectivity index (χ2v) is 4.05. The van der Waals surface area contributed by atoms with Crippen LogP contribution < -0.4 is 10.5 Å². The van der Waals surface area contributed by atoms with Gasteiger partial charge in [0.2, 0.25) is 0 Å². The Morgan fingerprint density at radius 2 is 2.21 bits per heavy atom. The molecular formula is C13H19N3O3. The molecule has 0 fully saturated rings. The second-order valence-electron chi connectivity index (χ2n) is 4.05. The molecule has 0 unspecified atom stereocenters. The highest BCUT2D eigenvalue weighted by atomic mass is 16.5. The van der Waals surface area contributed by atoms with Gasteiger partial charge >= 0.3 is 5.97 Å². The van der Waals surface area contributed by atoms with E-state index in [2.05, 4.69) is 11.7 Å². The molecule has 1 heterocycles. The van der Waals surface area contributed by atoms with Crippen LogP contribution in [0.4, 0.5) is 5.69 Å². The summed E-state index contributed by atoms with van der Waals surface area (Å²) in [5.74, 6) is -0.508. The van der Waals surface area contributed by atoms with Crippen LogP contribution >= 0.6 is 0 Å². The molecule has 0 saturated carbocycles. The monoisotopic (exact) mass is 265 g/mol. The fourth-order valence-electron chi connectivity index (χ4n) is 1.41. The van der Waals surface area contributed by atoms with Gasteiger partial charge in [0.25, 0.3) is 5.56 Å². The van der Waals surface area contributed by atoms with Gasteiger partial charge in [-0.3, -0.25) is 4.79 Å². The smallest absolute Gasteiger partial charge is 0.335 e. The third kappa shape index (κ3) is 3.94. The zero-order valence-corrected chi connectivity index (χ0v) is 11.5.